The fourth-order valence-corrected chi connectivity index (χ4v) is 1.84. The molecule has 0 saturated heterocycles. The SMILES string of the molecule is NS(=O)(=O)c1cc(OC2CC2)cc([N+](=O)[O-])c1. The van der Waals surface area contributed by atoms with E-state index in [1.54, 1.807) is 0 Å². The first-order valence-corrected chi connectivity index (χ1v) is 6.40. The maximum Gasteiger partial charge on any atom is 0.274 e. The van der Waals surface area contributed by atoms with E-state index in [-0.39, 0.29) is 22.4 Å². The van der Waals surface area contributed by atoms with Gasteiger partial charge in [0.2, 0.25) is 10.0 Å². The Morgan fingerprint density at radius 2 is 2.00 bits per heavy atom. The van der Waals surface area contributed by atoms with Crippen molar-refractivity contribution in [2.45, 2.75) is 23.8 Å². The van der Waals surface area contributed by atoms with Gasteiger partial charge in [-0.05, 0) is 12.8 Å². The van der Waals surface area contributed by atoms with Gasteiger partial charge in [-0.2, -0.15) is 0 Å². The van der Waals surface area contributed by atoms with E-state index in [1.165, 1.54) is 12.1 Å². The summed E-state index contributed by atoms with van der Waals surface area (Å²) in [4.78, 5) is 9.64. The van der Waals surface area contributed by atoms with Gasteiger partial charge in [0, 0.05) is 12.1 Å². The average Bonchev–Trinajstić information content (AvgIpc) is 2.99. The highest BCUT2D eigenvalue weighted by molar-refractivity contribution is 7.89. The number of non-ortho nitro benzene ring substituents is 1. The predicted octanol–water partition coefficient (Wildman–Crippen LogP) is 0.783. The molecule has 1 aliphatic rings. The van der Waals surface area contributed by atoms with E-state index < -0.39 is 14.9 Å². The van der Waals surface area contributed by atoms with Crippen LogP contribution in [0, 0.1) is 10.1 Å². The number of nitro benzene ring substituents is 1. The summed E-state index contributed by atoms with van der Waals surface area (Å²) in [5.74, 6) is 0.158. The van der Waals surface area contributed by atoms with Crippen molar-refractivity contribution in [3.63, 3.8) is 0 Å². The summed E-state index contributed by atoms with van der Waals surface area (Å²) >= 11 is 0. The standard InChI is InChI=1S/C9H10N2O5S/c10-17(14,15)9-4-6(11(12)13)3-8(5-9)16-7-1-2-7/h3-5,7H,1-2H2,(H2,10,14,15). The minimum Gasteiger partial charge on any atom is -0.490 e. The topological polar surface area (TPSA) is 113 Å². The number of nitrogens with two attached hydrogens (primary N) is 1. The molecule has 2 N–H and O–H groups in total. The van der Waals surface area contributed by atoms with Crippen LogP contribution in [0.5, 0.6) is 5.75 Å². The van der Waals surface area contributed by atoms with Crippen LogP contribution in [0.1, 0.15) is 12.8 Å². The molecule has 8 heteroatoms. The number of sulfonamides is 1. The van der Waals surface area contributed by atoms with Gasteiger partial charge in [0.05, 0.1) is 22.0 Å². The van der Waals surface area contributed by atoms with Crippen molar-refractivity contribution >= 4 is 15.7 Å². The van der Waals surface area contributed by atoms with Crippen molar-refractivity contribution in [3.05, 3.63) is 28.3 Å². The summed E-state index contributed by atoms with van der Waals surface area (Å²) in [6, 6.07) is 3.29. The number of primary sulfonamides is 1. The molecule has 0 bridgehead atoms. The molecule has 92 valence electrons. The van der Waals surface area contributed by atoms with Crippen LogP contribution >= 0.6 is 0 Å². The minimum absolute atomic E-state index is 0.0188. The van der Waals surface area contributed by atoms with Crippen LogP contribution in [-0.4, -0.2) is 19.4 Å². The number of hydrogen-bond acceptors (Lipinski definition) is 5. The lowest BCUT2D eigenvalue weighted by Crippen LogP contribution is -2.12. The largest absolute Gasteiger partial charge is 0.490 e. The second kappa shape index (κ2) is 3.97. The highest BCUT2D eigenvalue weighted by atomic mass is 32.2. The Morgan fingerprint density at radius 1 is 1.35 bits per heavy atom. The summed E-state index contributed by atoms with van der Waals surface area (Å²) in [6.45, 7) is 0. The predicted molar refractivity (Wildman–Crippen MR) is 58.1 cm³/mol. The zero-order valence-electron chi connectivity index (χ0n) is 8.70. The van der Waals surface area contributed by atoms with Gasteiger partial charge in [-0.25, -0.2) is 13.6 Å². The third-order valence-electron chi connectivity index (χ3n) is 2.23. The quantitative estimate of drug-likeness (QED) is 0.633. The number of rotatable bonds is 4. The molecule has 7 nitrogen and oxygen atoms in total. The third-order valence-corrected chi connectivity index (χ3v) is 3.12. The van der Waals surface area contributed by atoms with Crippen LogP contribution in [0.4, 0.5) is 5.69 Å². The Labute approximate surface area is 97.4 Å². The molecule has 0 unspecified atom stereocenters. The van der Waals surface area contributed by atoms with E-state index in [9.17, 15) is 18.5 Å². The van der Waals surface area contributed by atoms with Crippen LogP contribution in [0.25, 0.3) is 0 Å². The minimum atomic E-state index is -3.98. The van der Waals surface area contributed by atoms with Gasteiger partial charge in [0.15, 0.2) is 0 Å². The molecule has 0 aromatic heterocycles. The molecule has 17 heavy (non-hydrogen) atoms. The van der Waals surface area contributed by atoms with Crippen LogP contribution in [0.15, 0.2) is 23.1 Å². The normalized spacial score (nSPS) is 15.6. The second-order valence-corrected chi connectivity index (χ2v) is 5.34. The van der Waals surface area contributed by atoms with E-state index in [1.807, 2.05) is 0 Å². The van der Waals surface area contributed by atoms with Crippen molar-refractivity contribution < 1.29 is 18.1 Å². The van der Waals surface area contributed by atoms with Gasteiger partial charge >= 0.3 is 0 Å². The molecule has 0 aliphatic heterocycles. The smallest absolute Gasteiger partial charge is 0.274 e. The molecule has 1 aromatic carbocycles. The molecular formula is C9H10N2O5S. The maximum atomic E-state index is 11.2. The number of nitrogens with zero attached hydrogens (tertiary/aromatic N) is 1. The Balaban J connectivity index is 2.44. The second-order valence-electron chi connectivity index (χ2n) is 3.78. The van der Waals surface area contributed by atoms with Crippen molar-refractivity contribution in [1.82, 2.24) is 0 Å². The summed E-state index contributed by atoms with van der Waals surface area (Å²) in [5.41, 5.74) is -0.354. The lowest BCUT2D eigenvalue weighted by molar-refractivity contribution is -0.385. The number of nitro groups is 1. The average molecular weight is 258 g/mol. The van der Waals surface area contributed by atoms with E-state index in [0.717, 1.165) is 18.9 Å². The first-order valence-electron chi connectivity index (χ1n) is 4.85. The number of hydrogen-bond donors (Lipinski definition) is 1. The van der Waals surface area contributed by atoms with Gasteiger partial charge in [0.1, 0.15) is 5.75 Å². The summed E-state index contributed by atoms with van der Waals surface area (Å²) in [7, 11) is -3.98. The van der Waals surface area contributed by atoms with Crippen molar-refractivity contribution in [1.29, 1.82) is 0 Å². The molecule has 0 atom stereocenters. The van der Waals surface area contributed by atoms with Gasteiger partial charge in [0.25, 0.3) is 5.69 Å². The summed E-state index contributed by atoms with van der Waals surface area (Å²) < 4.78 is 27.6. The first-order chi connectivity index (χ1) is 7.86. The fraction of sp³-hybridized carbons (Fsp3) is 0.333. The van der Waals surface area contributed by atoms with E-state index in [2.05, 4.69) is 0 Å². The Hall–Kier alpha value is -1.67. The zero-order valence-corrected chi connectivity index (χ0v) is 9.51. The molecule has 2 rings (SSSR count). The lowest BCUT2D eigenvalue weighted by atomic mass is 10.3. The monoisotopic (exact) mass is 258 g/mol. The summed E-state index contributed by atoms with van der Waals surface area (Å²) in [5, 5.41) is 15.6. The van der Waals surface area contributed by atoms with E-state index >= 15 is 0 Å². The molecule has 1 fully saturated rings. The molecule has 0 spiro atoms. The number of benzene rings is 1. The third kappa shape index (κ3) is 2.92. The van der Waals surface area contributed by atoms with Crippen molar-refractivity contribution in [3.8, 4) is 5.75 Å². The van der Waals surface area contributed by atoms with Gasteiger partial charge < -0.3 is 4.74 Å². The van der Waals surface area contributed by atoms with Crippen LogP contribution in [0.2, 0.25) is 0 Å². The molecule has 0 amide bonds. The fourth-order valence-electron chi connectivity index (χ4n) is 1.27. The van der Waals surface area contributed by atoms with E-state index in [0.29, 0.717) is 0 Å². The van der Waals surface area contributed by atoms with Crippen LogP contribution in [-0.2, 0) is 10.0 Å². The van der Waals surface area contributed by atoms with Gasteiger partial charge in [-0.3, -0.25) is 10.1 Å². The number of ether oxygens (including phenoxy) is 1. The molecule has 0 heterocycles. The Bertz CT molecular complexity index is 565. The van der Waals surface area contributed by atoms with Gasteiger partial charge in [-0.15, -0.1) is 0 Å². The zero-order chi connectivity index (χ0) is 12.6. The summed E-state index contributed by atoms with van der Waals surface area (Å²) in [6.07, 6.45) is 1.76. The Morgan fingerprint density at radius 3 is 2.47 bits per heavy atom. The van der Waals surface area contributed by atoms with Crippen LogP contribution < -0.4 is 9.88 Å². The van der Waals surface area contributed by atoms with E-state index in [4.69, 9.17) is 9.88 Å². The highest BCUT2D eigenvalue weighted by Gasteiger charge is 2.25. The highest BCUT2D eigenvalue weighted by Crippen LogP contribution is 2.31. The molecule has 0 radical (unpaired) electrons. The van der Waals surface area contributed by atoms with Crippen molar-refractivity contribution in [2.24, 2.45) is 5.14 Å². The first kappa shape index (κ1) is 11.8. The van der Waals surface area contributed by atoms with Crippen LogP contribution in [0.3, 0.4) is 0 Å². The maximum absolute atomic E-state index is 11.2. The van der Waals surface area contributed by atoms with Crippen molar-refractivity contribution in [2.75, 3.05) is 0 Å². The Kier molecular flexibility index (Phi) is 2.76. The lowest BCUT2D eigenvalue weighted by Gasteiger charge is -2.06. The molecule has 1 aromatic rings. The molecule has 1 aliphatic carbocycles. The molecular weight excluding hydrogens is 248 g/mol. The molecule has 1 saturated carbocycles. The van der Waals surface area contributed by atoms with Gasteiger partial charge in [-0.1, -0.05) is 0 Å².